The van der Waals surface area contributed by atoms with E-state index in [0.29, 0.717) is 5.56 Å². The molecule has 5 heteroatoms. The van der Waals surface area contributed by atoms with Gasteiger partial charge in [0.05, 0.1) is 5.69 Å². The van der Waals surface area contributed by atoms with Crippen LogP contribution in [0.25, 0.3) is 21.8 Å². The smallest absolute Gasteiger partial charge is 0.255 e. The van der Waals surface area contributed by atoms with Crippen molar-refractivity contribution in [3.8, 4) is 21.8 Å². The van der Waals surface area contributed by atoms with Crippen LogP contribution in [0.15, 0.2) is 84.2 Å². The molecular weight excluding hydrogens is 467 g/mol. The van der Waals surface area contributed by atoms with Gasteiger partial charge in [0, 0.05) is 31.3 Å². The van der Waals surface area contributed by atoms with Crippen molar-refractivity contribution in [2.24, 2.45) is 0 Å². The second-order valence-electron chi connectivity index (χ2n) is 5.95. The van der Waals surface area contributed by atoms with Gasteiger partial charge >= 0.3 is 0 Å². The number of anilines is 1. The third-order valence-corrected chi connectivity index (χ3v) is 5.66. The molecule has 3 aromatic carbocycles. The van der Waals surface area contributed by atoms with E-state index in [2.05, 4.69) is 40.0 Å². The fourth-order valence-corrected chi connectivity index (χ4v) is 3.88. The number of carbonyl (C=O) groups is 1. The van der Waals surface area contributed by atoms with E-state index in [1.165, 1.54) is 0 Å². The van der Waals surface area contributed by atoms with Crippen LogP contribution in [0.3, 0.4) is 0 Å². The molecule has 0 radical (unpaired) electrons. The Morgan fingerprint density at radius 1 is 0.889 bits per heavy atom. The third kappa shape index (κ3) is 4.26. The zero-order valence-electron chi connectivity index (χ0n) is 14.2. The molecule has 0 saturated heterocycles. The summed E-state index contributed by atoms with van der Waals surface area (Å²) in [5.41, 5.74) is 4.39. The molecule has 3 nitrogen and oxygen atoms in total. The van der Waals surface area contributed by atoms with Crippen molar-refractivity contribution in [1.82, 2.24) is 4.98 Å². The average molecular weight is 482 g/mol. The predicted octanol–water partition coefficient (Wildman–Crippen LogP) is 6.33. The normalized spacial score (nSPS) is 10.6. The number of nitrogens with zero attached hydrogens (tertiary/aromatic N) is 1. The molecule has 0 aliphatic rings. The van der Waals surface area contributed by atoms with E-state index in [1.54, 1.807) is 11.3 Å². The third-order valence-electron chi connectivity index (χ3n) is 4.05. The molecule has 0 unspecified atom stereocenters. The van der Waals surface area contributed by atoms with E-state index in [9.17, 15) is 4.79 Å². The Hall–Kier alpha value is -2.51. The fraction of sp³-hybridized carbons (Fsp3) is 0. The van der Waals surface area contributed by atoms with Crippen molar-refractivity contribution in [1.29, 1.82) is 0 Å². The first-order valence-electron chi connectivity index (χ1n) is 8.37. The molecule has 4 rings (SSSR count). The summed E-state index contributed by atoms with van der Waals surface area (Å²) in [7, 11) is 0. The van der Waals surface area contributed by atoms with Gasteiger partial charge in [0.1, 0.15) is 5.01 Å². The maximum atomic E-state index is 12.4. The van der Waals surface area contributed by atoms with Crippen LogP contribution in [0, 0.1) is 3.57 Å². The standard InChI is InChI=1S/C22H15IN2OS/c23-18-11-9-15(10-12-18)21(26)24-19-8-4-7-17(13-19)20-14-27-22(25-20)16-5-2-1-3-6-16/h1-14H,(H,24,26). The second kappa shape index (κ2) is 8.02. The van der Waals surface area contributed by atoms with Gasteiger partial charge in [-0.25, -0.2) is 4.98 Å². The topological polar surface area (TPSA) is 42.0 Å². The van der Waals surface area contributed by atoms with Crippen molar-refractivity contribution in [2.75, 3.05) is 5.32 Å². The van der Waals surface area contributed by atoms with Crippen LogP contribution in [-0.4, -0.2) is 10.9 Å². The number of amides is 1. The molecule has 0 saturated carbocycles. The molecule has 0 aliphatic heterocycles. The highest BCUT2D eigenvalue weighted by Crippen LogP contribution is 2.29. The van der Waals surface area contributed by atoms with Gasteiger partial charge in [0.2, 0.25) is 0 Å². The highest BCUT2D eigenvalue weighted by Gasteiger charge is 2.09. The minimum Gasteiger partial charge on any atom is -0.322 e. The Kier molecular flexibility index (Phi) is 5.31. The van der Waals surface area contributed by atoms with E-state index in [-0.39, 0.29) is 5.91 Å². The molecule has 0 bridgehead atoms. The van der Waals surface area contributed by atoms with E-state index in [4.69, 9.17) is 4.98 Å². The Labute approximate surface area is 175 Å². The number of carbonyl (C=O) groups excluding carboxylic acids is 1. The number of thiazole rings is 1. The number of benzene rings is 3. The summed E-state index contributed by atoms with van der Waals surface area (Å²) < 4.78 is 1.10. The van der Waals surface area contributed by atoms with Crippen molar-refractivity contribution < 1.29 is 4.79 Å². The van der Waals surface area contributed by atoms with Gasteiger partial charge in [-0.3, -0.25) is 4.79 Å². The summed E-state index contributed by atoms with van der Waals surface area (Å²) in [5.74, 6) is -0.119. The number of hydrogen-bond acceptors (Lipinski definition) is 3. The van der Waals surface area contributed by atoms with E-state index >= 15 is 0 Å². The largest absolute Gasteiger partial charge is 0.322 e. The molecule has 4 aromatic rings. The zero-order valence-corrected chi connectivity index (χ0v) is 17.2. The molecule has 0 aliphatic carbocycles. The Balaban J connectivity index is 1.55. The van der Waals surface area contributed by atoms with Crippen molar-refractivity contribution >= 4 is 45.5 Å². The van der Waals surface area contributed by atoms with Crippen LogP contribution in [0.5, 0.6) is 0 Å². The molecule has 1 N–H and O–H groups in total. The monoisotopic (exact) mass is 482 g/mol. The van der Waals surface area contributed by atoms with Crippen LogP contribution in [0.4, 0.5) is 5.69 Å². The predicted molar refractivity (Wildman–Crippen MR) is 120 cm³/mol. The van der Waals surface area contributed by atoms with Crippen LogP contribution >= 0.6 is 33.9 Å². The van der Waals surface area contributed by atoms with Gasteiger partial charge in [0.15, 0.2) is 0 Å². The molecule has 0 atom stereocenters. The second-order valence-corrected chi connectivity index (χ2v) is 8.05. The highest BCUT2D eigenvalue weighted by atomic mass is 127. The maximum Gasteiger partial charge on any atom is 0.255 e. The molecule has 1 heterocycles. The maximum absolute atomic E-state index is 12.4. The summed E-state index contributed by atoms with van der Waals surface area (Å²) in [6.45, 7) is 0. The van der Waals surface area contributed by atoms with Gasteiger partial charge in [0.25, 0.3) is 5.91 Å². The van der Waals surface area contributed by atoms with E-state index < -0.39 is 0 Å². The number of halogens is 1. The number of rotatable bonds is 4. The average Bonchev–Trinajstić information content (AvgIpc) is 3.20. The molecule has 0 spiro atoms. The van der Waals surface area contributed by atoms with E-state index in [1.807, 2.05) is 72.1 Å². The lowest BCUT2D eigenvalue weighted by atomic mass is 10.1. The Bertz CT molecular complexity index is 1070. The fourth-order valence-electron chi connectivity index (χ4n) is 2.68. The van der Waals surface area contributed by atoms with Gasteiger partial charge in [-0.1, -0.05) is 42.5 Å². The van der Waals surface area contributed by atoms with Gasteiger partial charge in [-0.15, -0.1) is 11.3 Å². The lowest BCUT2D eigenvalue weighted by molar-refractivity contribution is 0.102. The summed E-state index contributed by atoms with van der Waals surface area (Å²) >= 11 is 3.84. The summed E-state index contributed by atoms with van der Waals surface area (Å²) in [6.07, 6.45) is 0. The van der Waals surface area contributed by atoms with Crippen molar-refractivity contribution in [3.63, 3.8) is 0 Å². The van der Waals surface area contributed by atoms with Gasteiger partial charge in [-0.05, 0) is 59.0 Å². The van der Waals surface area contributed by atoms with Crippen LogP contribution in [0.2, 0.25) is 0 Å². The minimum atomic E-state index is -0.119. The quantitative estimate of drug-likeness (QED) is 0.345. The molecule has 27 heavy (non-hydrogen) atoms. The SMILES string of the molecule is O=C(Nc1cccc(-c2csc(-c3ccccc3)n2)c1)c1ccc(I)cc1. The Morgan fingerprint density at radius 3 is 2.41 bits per heavy atom. The van der Waals surface area contributed by atoms with Crippen LogP contribution in [0.1, 0.15) is 10.4 Å². The molecule has 0 fully saturated rings. The number of nitrogens with one attached hydrogen (secondary N) is 1. The lowest BCUT2D eigenvalue weighted by Gasteiger charge is -2.07. The summed E-state index contributed by atoms with van der Waals surface area (Å²) in [5, 5.41) is 5.99. The minimum absolute atomic E-state index is 0.119. The molecule has 1 amide bonds. The number of hydrogen-bond donors (Lipinski definition) is 1. The molecular formula is C22H15IN2OS. The lowest BCUT2D eigenvalue weighted by Crippen LogP contribution is -2.11. The summed E-state index contributed by atoms with van der Waals surface area (Å²) in [6, 6.07) is 25.4. The first-order valence-corrected chi connectivity index (χ1v) is 10.3. The zero-order chi connectivity index (χ0) is 18.6. The van der Waals surface area contributed by atoms with Crippen LogP contribution < -0.4 is 5.32 Å². The highest BCUT2D eigenvalue weighted by molar-refractivity contribution is 14.1. The van der Waals surface area contributed by atoms with Crippen LogP contribution in [-0.2, 0) is 0 Å². The number of aromatic nitrogens is 1. The van der Waals surface area contributed by atoms with Gasteiger partial charge < -0.3 is 5.32 Å². The summed E-state index contributed by atoms with van der Waals surface area (Å²) in [4.78, 5) is 17.2. The molecule has 1 aromatic heterocycles. The van der Waals surface area contributed by atoms with Crippen molar-refractivity contribution in [2.45, 2.75) is 0 Å². The first kappa shape index (κ1) is 17.9. The van der Waals surface area contributed by atoms with Gasteiger partial charge in [-0.2, -0.15) is 0 Å². The Morgan fingerprint density at radius 2 is 1.63 bits per heavy atom. The van der Waals surface area contributed by atoms with Crippen molar-refractivity contribution in [3.05, 3.63) is 93.4 Å². The van der Waals surface area contributed by atoms with E-state index in [0.717, 1.165) is 31.1 Å². The molecule has 132 valence electrons. The first-order chi connectivity index (χ1) is 13.2.